The van der Waals surface area contributed by atoms with Gasteiger partial charge in [0.1, 0.15) is 10.5 Å². The third kappa shape index (κ3) is 6.83. The van der Waals surface area contributed by atoms with E-state index in [1.807, 2.05) is 36.6 Å². The Morgan fingerprint density at radius 2 is 2.00 bits per heavy atom. The molecule has 1 unspecified atom stereocenters. The van der Waals surface area contributed by atoms with Gasteiger partial charge in [-0.05, 0) is 62.3 Å². The fraction of sp³-hybridized carbons (Fsp3) is 0.464. The van der Waals surface area contributed by atoms with Crippen molar-refractivity contribution in [3.8, 4) is 10.4 Å². The molecule has 2 aliphatic rings. The summed E-state index contributed by atoms with van der Waals surface area (Å²) < 4.78 is 37.2. The molecule has 5 rings (SSSR count). The lowest BCUT2D eigenvalue weighted by Crippen LogP contribution is -2.43. The van der Waals surface area contributed by atoms with Gasteiger partial charge < -0.3 is 14.2 Å². The molecule has 0 radical (unpaired) electrons. The monoisotopic (exact) mass is 634 g/mol. The first-order valence-corrected chi connectivity index (χ1v) is 17.4. The van der Waals surface area contributed by atoms with Gasteiger partial charge in [0.25, 0.3) is 0 Å². The summed E-state index contributed by atoms with van der Waals surface area (Å²) in [7, 11) is -3.92. The van der Waals surface area contributed by atoms with Gasteiger partial charge in [0.2, 0.25) is 5.91 Å². The van der Waals surface area contributed by atoms with Crippen LogP contribution in [0.1, 0.15) is 42.7 Å². The highest BCUT2D eigenvalue weighted by Gasteiger charge is 2.50. The number of nitrogens with one attached hydrogen (secondary N) is 2. The van der Waals surface area contributed by atoms with Crippen LogP contribution in [0.5, 0.6) is 0 Å². The van der Waals surface area contributed by atoms with Crippen LogP contribution in [0.4, 0.5) is 10.6 Å². The van der Waals surface area contributed by atoms with Gasteiger partial charge in [-0.25, -0.2) is 23.5 Å². The number of hydrogen-bond donors (Lipinski definition) is 2. The number of benzene rings is 1. The van der Waals surface area contributed by atoms with Crippen molar-refractivity contribution >= 4 is 50.7 Å². The number of sulfone groups is 1. The summed E-state index contributed by atoms with van der Waals surface area (Å²) >= 11 is 2.99. The minimum absolute atomic E-state index is 0.0271. The maximum absolute atomic E-state index is 14.1. The molecule has 3 amide bonds. The molecule has 0 bridgehead atoms. The van der Waals surface area contributed by atoms with Crippen LogP contribution >= 0.6 is 23.1 Å². The fourth-order valence-corrected chi connectivity index (χ4v) is 9.13. The Bertz CT molecular complexity index is 1500. The normalized spacial score (nSPS) is 22.3. The summed E-state index contributed by atoms with van der Waals surface area (Å²) in [6, 6.07) is 12.8. The Morgan fingerprint density at radius 3 is 2.69 bits per heavy atom. The quantitative estimate of drug-likeness (QED) is 0.260. The lowest BCUT2D eigenvalue weighted by atomic mass is 9.97. The molecule has 2 aliphatic heterocycles. The first-order chi connectivity index (χ1) is 20.2. The Morgan fingerprint density at radius 1 is 1.19 bits per heavy atom. The summed E-state index contributed by atoms with van der Waals surface area (Å²) in [5.74, 6) is -0.102. The minimum Gasteiger partial charge on any atom is -0.360 e. The van der Waals surface area contributed by atoms with Gasteiger partial charge in [-0.15, -0.1) is 23.1 Å². The molecule has 4 heterocycles. The molecule has 0 aliphatic carbocycles. The lowest BCUT2D eigenvalue weighted by molar-refractivity contribution is -0.200. The van der Waals surface area contributed by atoms with Gasteiger partial charge in [0.15, 0.2) is 21.9 Å². The molecule has 2 aromatic heterocycles. The summed E-state index contributed by atoms with van der Waals surface area (Å²) in [5, 5.41) is 6.45. The van der Waals surface area contributed by atoms with Gasteiger partial charge in [0.05, 0.1) is 12.2 Å². The van der Waals surface area contributed by atoms with Crippen LogP contribution in [0.25, 0.3) is 10.4 Å². The number of urea groups is 1. The number of aryl methyl sites for hydroxylation is 1. The van der Waals surface area contributed by atoms with Crippen LogP contribution in [0.15, 0.2) is 51.9 Å². The number of carbonyl (C=O) groups excluding carboxylic acids is 2. The van der Waals surface area contributed by atoms with Crippen molar-refractivity contribution in [2.75, 3.05) is 37.0 Å². The highest BCUT2D eigenvalue weighted by atomic mass is 32.2. The molecule has 2 fully saturated rings. The molecule has 226 valence electrons. The van der Waals surface area contributed by atoms with Crippen molar-refractivity contribution in [2.24, 2.45) is 0 Å². The number of thioether (sulfide) groups is 1. The van der Waals surface area contributed by atoms with E-state index in [9.17, 15) is 18.0 Å². The molecule has 14 heteroatoms. The molecule has 2 atom stereocenters. The Labute approximate surface area is 253 Å². The number of anilines is 1. The largest absolute Gasteiger partial charge is 0.360 e. The summed E-state index contributed by atoms with van der Waals surface area (Å²) in [5.41, 5.74) is 3.39. The number of nitrogens with zero attached hydrogens (tertiary/aromatic N) is 2. The average molecular weight is 635 g/mol. The summed E-state index contributed by atoms with van der Waals surface area (Å²) in [6.07, 6.45) is 3.59. The van der Waals surface area contributed by atoms with Crippen LogP contribution in [0.3, 0.4) is 0 Å². The average Bonchev–Trinajstić information content (AvgIpc) is 3.62. The third-order valence-electron chi connectivity index (χ3n) is 7.48. The van der Waals surface area contributed by atoms with Gasteiger partial charge in [-0.3, -0.25) is 10.1 Å². The summed E-state index contributed by atoms with van der Waals surface area (Å²) in [4.78, 5) is 35.8. The molecule has 42 heavy (non-hydrogen) atoms. The topological polar surface area (TPSA) is 140 Å². The Balaban J connectivity index is 1.42. The van der Waals surface area contributed by atoms with Crippen molar-refractivity contribution in [2.45, 2.75) is 55.0 Å². The van der Waals surface area contributed by atoms with Crippen LogP contribution in [-0.4, -0.2) is 68.4 Å². The molecule has 0 spiro atoms. The second kappa shape index (κ2) is 13.2. The molecular formula is C28H34N4O7S3. The minimum atomic E-state index is -3.92. The second-order valence-electron chi connectivity index (χ2n) is 10.3. The molecular weight excluding hydrogens is 601 g/mol. The van der Waals surface area contributed by atoms with E-state index in [0.717, 1.165) is 28.2 Å². The second-order valence-corrected chi connectivity index (χ2v) is 14.7. The van der Waals surface area contributed by atoms with Crippen LogP contribution in [0.2, 0.25) is 0 Å². The van der Waals surface area contributed by atoms with E-state index < -0.39 is 32.8 Å². The summed E-state index contributed by atoms with van der Waals surface area (Å²) in [6.45, 7) is 2.32. The maximum Gasteiger partial charge on any atom is 0.323 e. The standard InChI is InChI=1S/C28H34N4O7S3/c1-19-17-24(30-38-19)29-27(34)32-13-12-28(42(35,36)16-14-32,18-25(33)31-39-26-5-3-4-15-37-26)23-11-10-22(41-23)20-6-8-21(40-2)9-7-20/h6-11,17,26H,3-5,12-16,18H2,1-2H3,(H,31,33)(H,29,30,34)/t26?,28-/m0/s1. The van der Waals surface area contributed by atoms with Crippen LogP contribution < -0.4 is 10.8 Å². The lowest BCUT2D eigenvalue weighted by Gasteiger charge is -2.31. The Kier molecular flexibility index (Phi) is 9.57. The molecule has 2 saturated heterocycles. The van der Waals surface area contributed by atoms with E-state index in [-0.39, 0.29) is 37.5 Å². The fourth-order valence-electron chi connectivity index (χ4n) is 5.11. The third-order valence-corrected chi connectivity index (χ3v) is 12.2. The van der Waals surface area contributed by atoms with Crippen molar-refractivity contribution in [1.29, 1.82) is 0 Å². The first kappa shape index (κ1) is 30.5. The predicted octanol–water partition coefficient (Wildman–Crippen LogP) is 4.95. The SMILES string of the molecule is CSc1ccc(-c2ccc([C@@]3(CC(=O)NOC4CCCCO4)CCN(C(=O)Nc4cc(C)on4)CCS3(=O)=O)s2)cc1. The van der Waals surface area contributed by atoms with Gasteiger partial charge in [0, 0.05) is 46.8 Å². The molecule has 1 aromatic carbocycles. The number of thiophene rings is 1. The number of amides is 3. The van der Waals surface area contributed by atoms with Gasteiger partial charge in [-0.1, -0.05) is 17.3 Å². The highest BCUT2D eigenvalue weighted by Crippen LogP contribution is 2.45. The number of hydrogen-bond acceptors (Lipinski definition) is 10. The first-order valence-electron chi connectivity index (χ1n) is 13.7. The van der Waals surface area contributed by atoms with E-state index in [4.69, 9.17) is 14.1 Å². The van der Waals surface area contributed by atoms with Crippen molar-refractivity contribution < 1.29 is 32.1 Å². The van der Waals surface area contributed by atoms with Crippen LogP contribution in [-0.2, 0) is 29.0 Å². The number of ether oxygens (including phenoxy) is 1. The zero-order chi connectivity index (χ0) is 29.7. The molecule has 2 N–H and O–H groups in total. The van der Waals surface area contributed by atoms with E-state index in [1.54, 1.807) is 30.8 Å². The van der Waals surface area contributed by atoms with Crippen molar-refractivity contribution in [1.82, 2.24) is 15.5 Å². The van der Waals surface area contributed by atoms with E-state index in [2.05, 4.69) is 16.0 Å². The van der Waals surface area contributed by atoms with Crippen molar-refractivity contribution in [3.05, 3.63) is 53.1 Å². The van der Waals surface area contributed by atoms with Crippen molar-refractivity contribution in [3.63, 3.8) is 0 Å². The van der Waals surface area contributed by atoms with Gasteiger partial charge >= 0.3 is 6.03 Å². The Hall–Kier alpha value is -2.91. The number of hydroxylamine groups is 1. The smallest absolute Gasteiger partial charge is 0.323 e. The maximum atomic E-state index is 14.1. The highest BCUT2D eigenvalue weighted by molar-refractivity contribution is 7.98. The zero-order valence-corrected chi connectivity index (χ0v) is 25.9. The number of carbonyl (C=O) groups is 2. The zero-order valence-electron chi connectivity index (χ0n) is 23.5. The van der Waals surface area contributed by atoms with Gasteiger partial charge in [-0.2, -0.15) is 0 Å². The van der Waals surface area contributed by atoms with Crippen LogP contribution in [0, 0.1) is 6.92 Å². The molecule has 0 saturated carbocycles. The molecule has 11 nitrogen and oxygen atoms in total. The predicted molar refractivity (Wildman–Crippen MR) is 161 cm³/mol. The van der Waals surface area contributed by atoms with E-state index in [0.29, 0.717) is 23.7 Å². The van der Waals surface area contributed by atoms with E-state index >= 15 is 0 Å². The number of rotatable bonds is 8. The number of aromatic nitrogens is 1. The molecule has 3 aromatic rings. The van der Waals surface area contributed by atoms with E-state index in [1.165, 1.54) is 16.2 Å².